The minimum Gasteiger partial charge on any atom is -0.358 e. The fourth-order valence-electron chi connectivity index (χ4n) is 6.60. The standard InChI is InChI=1S/C30H29Cl2FN4O3S/c1-18-6-8-22(33)16-23(18)28-30(24-9-7-21(32)15-26(24)34-29(30)38)25(19-4-3-5-20(31)14-19)17-27(35-28)36-10-12-37(13-11-36)41(2,39)40/h3-9,14-16,25,28H,10-13,17H2,1-2H3,(H,34,38)/t25-,28+,30-/m1/s1. The Labute approximate surface area is 249 Å². The van der Waals surface area contributed by atoms with E-state index >= 15 is 0 Å². The summed E-state index contributed by atoms with van der Waals surface area (Å²) in [5.41, 5.74) is 2.41. The maximum absolute atomic E-state index is 14.8. The molecule has 6 rings (SSSR count). The molecule has 0 aromatic heterocycles. The summed E-state index contributed by atoms with van der Waals surface area (Å²) in [4.78, 5) is 21.7. The lowest BCUT2D eigenvalue weighted by atomic mass is 9.59. The number of benzene rings is 3. The van der Waals surface area contributed by atoms with Gasteiger partial charge in [0.1, 0.15) is 17.1 Å². The van der Waals surface area contributed by atoms with Gasteiger partial charge in [0.2, 0.25) is 15.9 Å². The van der Waals surface area contributed by atoms with Gasteiger partial charge in [0, 0.05) is 54.3 Å². The van der Waals surface area contributed by atoms with E-state index in [4.69, 9.17) is 28.2 Å². The van der Waals surface area contributed by atoms with Crippen LogP contribution in [0.2, 0.25) is 10.0 Å². The Kier molecular flexibility index (Phi) is 7.13. The monoisotopic (exact) mass is 614 g/mol. The van der Waals surface area contributed by atoms with Crippen molar-refractivity contribution < 1.29 is 17.6 Å². The van der Waals surface area contributed by atoms with E-state index in [1.807, 2.05) is 31.2 Å². The van der Waals surface area contributed by atoms with Gasteiger partial charge in [0.05, 0.1) is 12.3 Å². The summed E-state index contributed by atoms with van der Waals surface area (Å²) in [6, 6.07) is 16.6. The van der Waals surface area contributed by atoms with Gasteiger partial charge in [-0.15, -0.1) is 0 Å². The van der Waals surface area contributed by atoms with Crippen molar-refractivity contribution in [3.63, 3.8) is 0 Å². The molecule has 3 aliphatic rings. The van der Waals surface area contributed by atoms with Crippen molar-refractivity contribution in [2.24, 2.45) is 4.99 Å². The van der Waals surface area contributed by atoms with Crippen molar-refractivity contribution in [2.75, 3.05) is 37.8 Å². The number of hydrogen-bond acceptors (Lipinski definition) is 5. The average molecular weight is 616 g/mol. The van der Waals surface area contributed by atoms with Crippen molar-refractivity contribution in [2.45, 2.75) is 30.7 Å². The molecule has 3 atom stereocenters. The van der Waals surface area contributed by atoms with Crippen LogP contribution in [-0.4, -0.2) is 61.8 Å². The van der Waals surface area contributed by atoms with Crippen molar-refractivity contribution in [3.8, 4) is 0 Å². The first-order chi connectivity index (χ1) is 19.5. The molecule has 1 N–H and O–H groups in total. The number of nitrogens with one attached hydrogen (secondary N) is 1. The highest BCUT2D eigenvalue weighted by molar-refractivity contribution is 7.88. The highest BCUT2D eigenvalue weighted by Crippen LogP contribution is 2.59. The van der Waals surface area contributed by atoms with Crippen LogP contribution in [0.15, 0.2) is 65.7 Å². The van der Waals surface area contributed by atoms with E-state index in [0.717, 1.165) is 22.5 Å². The molecule has 3 aliphatic heterocycles. The molecule has 1 spiro atoms. The topological polar surface area (TPSA) is 82.1 Å². The third-order valence-corrected chi connectivity index (χ3v) is 10.3. The number of carbonyl (C=O) groups excluding carboxylic acids is 1. The Morgan fingerprint density at radius 3 is 2.44 bits per heavy atom. The van der Waals surface area contributed by atoms with E-state index in [9.17, 15) is 17.6 Å². The molecule has 3 aromatic carbocycles. The average Bonchev–Trinajstić information content (AvgIpc) is 3.20. The fraction of sp³-hybridized carbons (Fsp3) is 0.333. The van der Waals surface area contributed by atoms with Crippen molar-refractivity contribution >= 4 is 50.7 Å². The molecule has 41 heavy (non-hydrogen) atoms. The lowest BCUT2D eigenvalue weighted by molar-refractivity contribution is -0.122. The number of fused-ring (bicyclic) bond motifs is 2. The van der Waals surface area contributed by atoms with E-state index in [-0.39, 0.29) is 5.91 Å². The van der Waals surface area contributed by atoms with Crippen LogP contribution in [-0.2, 0) is 20.2 Å². The van der Waals surface area contributed by atoms with E-state index in [1.165, 1.54) is 22.7 Å². The molecule has 0 saturated carbocycles. The fourth-order valence-corrected chi connectivity index (χ4v) is 7.79. The van der Waals surface area contributed by atoms with Crippen LogP contribution in [0.25, 0.3) is 0 Å². The highest BCUT2D eigenvalue weighted by Gasteiger charge is 2.61. The number of piperazine rings is 1. The van der Waals surface area contributed by atoms with Gasteiger partial charge in [0.25, 0.3) is 0 Å². The van der Waals surface area contributed by atoms with E-state index in [2.05, 4.69) is 10.2 Å². The zero-order chi connectivity index (χ0) is 29.1. The number of halogens is 3. The number of amidine groups is 1. The molecule has 1 amide bonds. The molecule has 11 heteroatoms. The minimum atomic E-state index is -3.32. The van der Waals surface area contributed by atoms with Gasteiger partial charge in [-0.2, -0.15) is 4.31 Å². The number of amides is 1. The molecule has 7 nitrogen and oxygen atoms in total. The van der Waals surface area contributed by atoms with Gasteiger partial charge >= 0.3 is 0 Å². The van der Waals surface area contributed by atoms with E-state index in [1.54, 1.807) is 24.3 Å². The largest absolute Gasteiger partial charge is 0.358 e. The molecule has 0 unspecified atom stereocenters. The smallest absolute Gasteiger partial charge is 0.238 e. The summed E-state index contributed by atoms with van der Waals surface area (Å²) >= 11 is 12.8. The maximum atomic E-state index is 14.8. The lowest BCUT2D eigenvalue weighted by Gasteiger charge is -2.47. The Balaban J connectivity index is 1.58. The molecule has 1 saturated heterocycles. The number of carbonyl (C=O) groups is 1. The first-order valence-corrected chi connectivity index (χ1v) is 16.0. The van der Waals surface area contributed by atoms with Gasteiger partial charge in [-0.25, -0.2) is 12.8 Å². The molecule has 1 fully saturated rings. The molecule has 0 bridgehead atoms. The van der Waals surface area contributed by atoms with Gasteiger partial charge in [-0.3, -0.25) is 9.79 Å². The summed E-state index contributed by atoms with van der Waals surface area (Å²) in [5, 5.41) is 4.08. The summed E-state index contributed by atoms with van der Waals surface area (Å²) in [6.45, 7) is 3.45. The van der Waals surface area contributed by atoms with E-state index in [0.29, 0.717) is 53.9 Å². The predicted octanol–water partition coefficient (Wildman–Crippen LogP) is 5.54. The number of anilines is 1. The molecule has 3 heterocycles. The second-order valence-corrected chi connectivity index (χ2v) is 13.8. The van der Waals surface area contributed by atoms with Gasteiger partial charge in [-0.1, -0.05) is 47.5 Å². The van der Waals surface area contributed by atoms with Gasteiger partial charge < -0.3 is 10.2 Å². The quantitative estimate of drug-likeness (QED) is 0.420. The second kappa shape index (κ2) is 10.4. The van der Waals surface area contributed by atoms with Crippen LogP contribution in [0.1, 0.15) is 40.6 Å². The normalized spacial score (nSPS) is 24.8. The van der Waals surface area contributed by atoms with Gasteiger partial charge in [0.15, 0.2) is 0 Å². The zero-order valence-electron chi connectivity index (χ0n) is 22.6. The first-order valence-electron chi connectivity index (χ1n) is 13.4. The molecule has 0 radical (unpaired) electrons. The summed E-state index contributed by atoms with van der Waals surface area (Å²) in [5.74, 6) is -0.327. The second-order valence-electron chi connectivity index (χ2n) is 10.9. The zero-order valence-corrected chi connectivity index (χ0v) is 24.9. The minimum absolute atomic E-state index is 0.238. The van der Waals surface area contributed by atoms with Crippen LogP contribution >= 0.6 is 23.2 Å². The predicted molar refractivity (Wildman–Crippen MR) is 160 cm³/mol. The third kappa shape index (κ3) is 4.82. The van der Waals surface area contributed by atoms with Crippen molar-refractivity contribution in [3.05, 3.63) is 98.8 Å². The van der Waals surface area contributed by atoms with Crippen LogP contribution in [0.4, 0.5) is 10.1 Å². The summed E-state index contributed by atoms with van der Waals surface area (Å²) in [7, 11) is -3.32. The van der Waals surface area contributed by atoms with E-state index < -0.39 is 33.2 Å². The third-order valence-electron chi connectivity index (χ3n) is 8.56. The molecule has 0 aliphatic carbocycles. The van der Waals surface area contributed by atoms with Crippen LogP contribution in [0.3, 0.4) is 0 Å². The number of sulfonamides is 1. The van der Waals surface area contributed by atoms with Crippen LogP contribution in [0.5, 0.6) is 0 Å². The van der Waals surface area contributed by atoms with Crippen molar-refractivity contribution in [1.29, 1.82) is 0 Å². The summed E-state index contributed by atoms with van der Waals surface area (Å²) in [6.07, 6.45) is 1.62. The number of aliphatic imine (C=N–C) groups is 1. The first kappa shape index (κ1) is 28.2. The Hall–Kier alpha value is -2.98. The van der Waals surface area contributed by atoms with Gasteiger partial charge in [-0.05, 0) is 65.6 Å². The highest BCUT2D eigenvalue weighted by atomic mass is 35.5. The number of aryl methyl sites for hydroxylation is 1. The number of nitrogens with zero attached hydrogens (tertiary/aromatic N) is 3. The molecular weight excluding hydrogens is 586 g/mol. The lowest BCUT2D eigenvalue weighted by Crippen LogP contribution is -2.54. The Morgan fingerprint density at radius 2 is 1.73 bits per heavy atom. The molecule has 3 aromatic rings. The Morgan fingerprint density at radius 1 is 1.00 bits per heavy atom. The number of rotatable bonds is 3. The number of hydrogen-bond donors (Lipinski definition) is 1. The van der Waals surface area contributed by atoms with Crippen molar-refractivity contribution in [1.82, 2.24) is 9.21 Å². The molecular formula is C30H29Cl2FN4O3S. The SMILES string of the molecule is Cc1ccc(F)cc1[C@@H]1N=C(N2CCN(S(C)(=O)=O)CC2)C[C@H](c2cccc(Cl)c2)[C@@]12C(=O)Nc1cc(Cl)ccc12. The Bertz CT molecular complexity index is 1690. The van der Waals surface area contributed by atoms with Crippen LogP contribution < -0.4 is 5.32 Å². The van der Waals surface area contributed by atoms with Crippen LogP contribution in [0, 0.1) is 12.7 Å². The summed E-state index contributed by atoms with van der Waals surface area (Å²) < 4.78 is 40.6. The molecule has 214 valence electrons. The maximum Gasteiger partial charge on any atom is 0.238 e.